The molecule has 0 aliphatic rings. The predicted molar refractivity (Wildman–Crippen MR) is 210 cm³/mol. The van der Waals surface area contributed by atoms with Crippen LogP contribution in [0.2, 0.25) is 5.02 Å². The summed E-state index contributed by atoms with van der Waals surface area (Å²) < 4.78 is 7.73. The Morgan fingerprint density at radius 3 is 1.60 bits per heavy atom. The van der Waals surface area contributed by atoms with E-state index in [0.717, 1.165) is 22.1 Å². The molecule has 0 N–H and O–H groups in total. The zero-order valence-corrected chi connectivity index (χ0v) is 28.1. The van der Waals surface area contributed by atoms with Crippen molar-refractivity contribution in [1.29, 1.82) is 0 Å². The quantitative estimate of drug-likeness (QED) is 0.180. The number of hydrogen-bond donors (Lipinski definition) is 0. The van der Waals surface area contributed by atoms with Gasteiger partial charge in [-0.15, -0.1) is 34.0 Å². The van der Waals surface area contributed by atoms with Crippen LogP contribution in [0.1, 0.15) is 0 Å². The summed E-state index contributed by atoms with van der Waals surface area (Å²) in [6, 6.07) is 52.9. The first-order valence-electron chi connectivity index (χ1n) is 15.5. The Bertz CT molecular complexity index is 2820. The molecule has 47 heavy (non-hydrogen) atoms. The van der Waals surface area contributed by atoms with Crippen LogP contribution in [0.25, 0.3) is 71.6 Å². The SMILES string of the molecule is Clc1cc(N(c2ccccc2)c2ccc3sc4ccccc4c3c2)c2sc3ccc(-c4ccc5sc6ccccc6c5c4)cc3c2c1. The van der Waals surface area contributed by atoms with Gasteiger partial charge in [0, 0.05) is 72.2 Å². The summed E-state index contributed by atoms with van der Waals surface area (Å²) in [5, 5.41) is 8.35. The van der Waals surface area contributed by atoms with Crippen LogP contribution >= 0.6 is 45.6 Å². The van der Waals surface area contributed by atoms with E-state index >= 15 is 0 Å². The number of nitrogens with zero attached hydrogens (tertiary/aromatic N) is 1. The molecule has 0 aliphatic carbocycles. The molecular weight excluding hydrogens is 650 g/mol. The summed E-state index contributed by atoms with van der Waals surface area (Å²) in [6.45, 7) is 0. The average molecular weight is 674 g/mol. The number of halogens is 1. The van der Waals surface area contributed by atoms with Crippen LogP contribution in [0.4, 0.5) is 17.1 Å². The molecule has 0 saturated heterocycles. The second-order valence-corrected chi connectivity index (χ2v) is 15.5. The first kappa shape index (κ1) is 27.4. The van der Waals surface area contributed by atoms with Gasteiger partial charge in [0.1, 0.15) is 0 Å². The van der Waals surface area contributed by atoms with E-state index in [2.05, 4.69) is 150 Å². The largest absolute Gasteiger partial charge is 0.309 e. The number of rotatable bonds is 4. The number of hydrogen-bond acceptors (Lipinski definition) is 4. The second-order valence-electron chi connectivity index (χ2n) is 11.9. The normalized spacial score (nSPS) is 11.9. The van der Waals surface area contributed by atoms with E-state index in [1.165, 1.54) is 71.6 Å². The highest BCUT2D eigenvalue weighted by Gasteiger charge is 2.20. The Kier molecular flexibility index (Phi) is 6.22. The summed E-state index contributed by atoms with van der Waals surface area (Å²) in [5.41, 5.74) is 5.75. The number of fused-ring (bicyclic) bond motifs is 9. The minimum Gasteiger partial charge on any atom is -0.309 e. The highest BCUT2D eigenvalue weighted by Crippen LogP contribution is 2.48. The Morgan fingerprint density at radius 1 is 0.383 bits per heavy atom. The van der Waals surface area contributed by atoms with Crippen molar-refractivity contribution in [3.63, 3.8) is 0 Å². The highest BCUT2D eigenvalue weighted by atomic mass is 35.5. The van der Waals surface area contributed by atoms with Crippen LogP contribution < -0.4 is 4.90 Å². The molecule has 3 aromatic heterocycles. The molecule has 1 nitrogen and oxygen atoms in total. The standard InChI is InChI=1S/C42H24ClNS3/c43-27-22-35-33-21-26(25-14-17-39-32(20-25)30-10-4-6-12-37(30)45-39)15-18-41(33)47-42(35)36(23-27)44(28-8-2-1-3-9-28)29-16-19-40-34(24-29)31-11-5-7-13-38(31)46-40/h1-24H. The second kappa shape index (κ2) is 10.7. The number of thiophene rings is 3. The zero-order chi connectivity index (χ0) is 31.1. The molecule has 0 fully saturated rings. The van der Waals surface area contributed by atoms with Gasteiger partial charge >= 0.3 is 0 Å². The topological polar surface area (TPSA) is 3.24 Å². The van der Waals surface area contributed by atoms with Gasteiger partial charge in [0.25, 0.3) is 0 Å². The van der Waals surface area contributed by atoms with Gasteiger partial charge in [0.2, 0.25) is 0 Å². The van der Waals surface area contributed by atoms with E-state index in [1.807, 2.05) is 34.0 Å². The van der Waals surface area contributed by atoms with Crippen molar-refractivity contribution in [1.82, 2.24) is 0 Å². The maximum atomic E-state index is 7.00. The van der Waals surface area contributed by atoms with Crippen LogP contribution in [0.3, 0.4) is 0 Å². The van der Waals surface area contributed by atoms with Crippen LogP contribution in [-0.2, 0) is 0 Å². The molecule has 222 valence electrons. The van der Waals surface area contributed by atoms with E-state index < -0.39 is 0 Å². The van der Waals surface area contributed by atoms with Gasteiger partial charge in [-0.05, 0) is 90.0 Å². The molecule has 7 aromatic carbocycles. The molecule has 0 saturated carbocycles. The molecule has 0 aliphatic heterocycles. The fraction of sp³-hybridized carbons (Fsp3) is 0. The minimum atomic E-state index is 0.728. The molecule has 0 radical (unpaired) electrons. The lowest BCUT2D eigenvalue weighted by Crippen LogP contribution is -2.10. The molecule has 0 unspecified atom stereocenters. The molecule has 0 bridgehead atoms. The lowest BCUT2D eigenvalue weighted by atomic mass is 10.0. The summed E-state index contributed by atoms with van der Waals surface area (Å²) in [7, 11) is 0. The van der Waals surface area contributed by atoms with Crippen LogP contribution in [-0.4, -0.2) is 0 Å². The van der Waals surface area contributed by atoms with Gasteiger partial charge in [-0.3, -0.25) is 0 Å². The smallest absolute Gasteiger partial charge is 0.0655 e. The van der Waals surface area contributed by atoms with Crippen LogP contribution in [0.15, 0.2) is 146 Å². The van der Waals surface area contributed by atoms with Gasteiger partial charge < -0.3 is 4.90 Å². The van der Waals surface area contributed by atoms with E-state index in [1.54, 1.807) is 0 Å². The maximum Gasteiger partial charge on any atom is 0.0655 e. The predicted octanol–water partition coefficient (Wildman–Crippen LogP) is 14.6. The third kappa shape index (κ3) is 4.41. The molecule has 5 heteroatoms. The van der Waals surface area contributed by atoms with E-state index in [9.17, 15) is 0 Å². The monoisotopic (exact) mass is 673 g/mol. The lowest BCUT2D eigenvalue weighted by Gasteiger charge is -2.26. The molecular formula is C42H24ClNS3. The highest BCUT2D eigenvalue weighted by molar-refractivity contribution is 7.27. The van der Waals surface area contributed by atoms with E-state index in [-0.39, 0.29) is 0 Å². The van der Waals surface area contributed by atoms with Crippen LogP contribution in [0, 0.1) is 0 Å². The van der Waals surface area contributed by atoms with Crippen LogP contribution in [0.5, 0.6) is 0 Å². The van der Waals surface area contributed by atoms with Gasteiger partial charge in [-0.2, -0.15) is 0 Å². The van der Waals surface area contributed by atoms with Gasteiger partial charge in [0.05, 0.1) is 10.4 Å². The van der Waals surface area contributed by atoms with Crippen molar-refractivity contribution in [2.45, 2.75) is 0 Å². The Balaban J connectivity index is 1.18. The first-order chi connectivity index (χ1) is 23.2. The first-order valence-corrected chi connectivity index (χ1v) is 18.3. The molecule has 3 heterocycles. The van der Waals surface area contributed by atoms with E-state index in [0.29, 0.717) is 0 Å². The third-order valence-corrected chi connectivity index (χ3v) is 12.8. The van der Waals surface area contributed by atoms with Gasteiger partial charge in [-0.1, -0.05) is 78.3 Å². The molecule has 0 amide bonds. The molecule has 10 aromatic rings. The summed E-state index contributed by atoms with van der Waals surface area (Å²) >= 11 is 12.5. The molecule has 0 spiro atoms. The third-order valence-electron chi connectivity index (χ3n) is 9.10. The fourth-order valence-electron chi connectivity index (χ4n) is 6.93. The number of para-hydroxylation sites is 1. The van der Waals surface area contributed by atoms with Gasteiger partial charge in [0.15, 0.2) is 0 Å². The Morgan fingerprint density at radius 2 is 0.915 bits per heavy atom. The summed E-state index contributed by atoms with van der Waals surface area (Å²) in [6.07, 6.45) is 0. The van der Waals surface area contributed by atoms with Crippen molar-refractivity contribution < 1.29 is 0 Å². The lowest BCUT2D eigenvalue weighted by molar-refractivity contribution is 1.31. The molecule has 10 rings (SSSR count). The minimum absolute atomic E-state index is 0.728. The van der Waals surface area contributed by atoms with Crippen molar-refractivity contribution >= 4 is 123 Å². The van der Waals surface area contributed by atoms with E-state index in [4.69, 9.17) is 11.6 Å². The van der Waals surface area contributed by atoms with Crippen molar-refractivity contribution in [2.24, 2.45) is 0 Å². The van der Waals surface area contributed by atoms with Gasteiger partial charge in [-0.25, -0.2) is 0 Å². The number of benzene rings is 7. The number of anilines is 3. The fourth-order valence-corrected chi connectivity index (χ4v) is 10.5. The average Bonchev–Trinajstić information content (AvgIpc) is 3.79. The molecule has 0 atom stereocenters. The van der Waals surface area contributed by atoms with Crippen molar-refractivity contribution in [3.8, 4) is 11.1 Å². The Hall–Kier alpha value is -4.71. The zero-order valence-electron chi connectivity index (χ0n) is 24.9. The van der Waals surface area contributed by atoms with Crippen molar-refractivity contribution in [2.75, 3.05) is 4.90 Å². The Labute approximate surface area is 288 Å². The maximum absolute atomic E-state index is 7.00. The van der Waals surface area contributed by atoms with Crippen molar-refractivity contribution in [3.05, 3.63) is 151 Å². The summed E-state index contributed by atoms with van der Waals surface area (Å²) in [4.78, 5) is 2.37. The summed E-state index contributed by atoms with van der Waals surface area (Å²) in [5.74, 6) is 0.